The lowest BCUT2D eigenvalue weighted by atomic mass is 10.1. The van der Waals surface area contributed by atoms with Crippen molar-refractivity contribution in [1.29, 1.82) is 0 Å². The molecule has 0 heterocycles. The summed E-state index contributed by atoms with van der Waals surface area (Å²) < 4.78 is 9.75. The maximum atomic E-state index is 12.0. The Balaban J connectivity index is 2.66. The van der Waals surface area contributed by atoms with Gasteiger partial charge in [-0.2, -0.15) is 0 Å². The number of carbonyl (C=O) groups is 2. The Bertz CT molecular complexity index is 504. The van der Waals surface area contributed by atoms with Gasteiger partial charge in [0.1, 0.15) is 6.04 Å². The van der Waals surface area contributed by atoms with Crippen molar-refractivity contribution in [2.75, 3.05) is 27.4 Å². The molecule has 0 aromatic heterocycles. The Labute approximate surface area is 123 Å². The maximum Gasteiger partial charge on any atom is 0.255 e. The van der Waals surface area contributed by atoms with E-state index in [4.69, 9.17) is 9.47 Å². The number of nitrogens with one attached hydrogen (secondary N) is 2. The van der Waals surface area contributed by atoms with Gasteiger partial charge >= 0.3 is 0 Å². The summed E-state index contributed by atoms with van der Waals surface area (Å²) in [6.45, 7) is 2.31. The Kier molecular flexibility index (Phi) is 6.48. The van der Waals surface area contributed by atoms with E-state index in [0.29, 0.717) is 13.2 Å². The molecule has 0 aliphatic heterocycles. The number of phenols is 1. The van der Waals surface area contributed by atoms with E-state index in [1.54, 1.807) is 13.0 Å². The van der Waals surface area contributed by atoms with Gasteiger partial charge in [-0.05, 0) is 19.1 Å². The van der Waals surface area contributed by atoms with Crippen LogP contribution in [0.3, 0.4) is 0 Å². The minimum absolute atomic E-state index is 0.0471. The van der Waals surface area contributed by atoms with E-state index in [2.05, 4.69) is 10.6 Å². The van der Waals surface area contributed by atoms with Crippen molar-refractivity contribution in [2.24, 2.45) is 0 Å². The zero-order valence-electron chi connectivity index (χ0n) is 12.3. The third-order valence-corrected chi connectivity index (χ3v) is 2.81. The fourth-order valence-corrected chi connectivity index (χ4v) is 1.64. The summed E-state index contributed by atoms with van der Waals surface area (Å²) in [4.78, 5) is 23.8. The van der Waals surface area contributed by atoms with Gasteiger partial charge in [-0.25, -0.2) is 0 Å². The molecule has 1 rings (SSSR count). The molecular weight excluding hydrogens is 276 g/mol. The predicted molar refractivity (Wildman–Crippen MR) is 76.5 cm³/mol. The average molecular weight is 296 g/mol. The first-order chi connectivity index (χ1) is 10.0. The number of methoxy groups -OCH3 is 2. The van der Waals surface area contributed by atoms with Crippen LogP contribution in [0.5, 0.6) is 11.5 Å². The van der Waals surface area contributed by atoms with Crippen LogP contribution in [-0.2, 0) is 9.53 Å². The molecule has 116 valence electrons. The first-order valence-corrected chi connectivity index (χ1v) is 6.44. The average Bonchev–Trinajstić information content (AvgIpc) is 2.47. The second kappa shape index (κ2) is 8.11. The van der Waals surface area contributed by atoms with Gasteiger partial charge in [0, 0.05) is 13.7 Å². The molecule has 0 bridgehead atoms. The Morgan fingerprint density at radius 2 is 2.05 bits per heavy atom. The normalized spacial score (nSPS) is 11.6. The number of ether oxygens (including phenoxy) is 2. The molecule has 0 spiro atoms. The van der Waals surface area contributed by atoms with Crippen molar-refractivity contribution < 1.29 is 24.2 Å². The van der Waals surface area contributed by atoms with Gasteiger partial charge in [0.15, 0.2) is 11.5 Å². The molecule has 1 atom stereocenters. The van der Waals surface area contributed by atoms with Crippen LogP contribution in [0.2, 0.25) is 0 Å². The molecule has 0 saturated heterocycles. The molecule has 0 aliphatic rings. The van der Waals surface area contributed by atoms with Crippen molar-refractivity contribution in [1.82, 2.24) is 10.6 Å². The molecule has 1 unspecified atom stereocenters. The van der Waals surface area contributed by atoms with Crippen LogP contribution in [0.1, 0.15) is 17.3 Å². The number of phenolic OH excluding ortho intramolecular Hbond substituents is 1. The largest absolute Gasteiger partial charge is 0.504 e. The third kappa shape index (κ3) is 4.64. The van der Waals surface area contributed by atoms with Crippen LogP contribution >= 0.6 is 0 Å². The summed E-state index contributed by atoms with van der Waals surface area (Å²) in [6, 6.07) is 3.83. The van der Waals surface area contributed by atoms with E-state index in [0.717, 1.165) is 0 Å². The van der Waals surface area contributed by atoms with Crippen molar-refractivity contribution in [3.63, 3.8) is 0 Å². The van der Waals surface area contributed by atoms with Crippen LogP contribution in [0.15, 0.2) is 18.2 Å². The van der Waals surface area contributed by atoms with Crippen LogP contribution in [0, 0.1) is 0 Å². The number of hydrogen-bond acceptors (Lipinski definition) is 5. The lowest BCUT2D eigenvalue weighted by molar-refractivity contribution is -0.122. The van der Waals surface area contributed by atoms with Gasteiger partial charge in [-0.15, -0.1) is 0 Å². The molecule has 0 radical (unpaired) electrons. The Morgan fingerprint density at radius 3 is 2.67 bits per heavy atom. The zero-order chi connectivity index (χ0) is 15.8. The fraction of sp³-hybridized carbons (Fsp3) is 0.429. The highest BCUT2D eigenvalue weighted by Crippen LogP contribution is 2.29. The van der Waals surface area contributed by atoms with Crippen LogP contribution < -0.4 is 15.4 Å². The molecule has 0 aliphatic carbocycles. The molecule has 0 saturated carbocycles. The quantitative estimate of drug-likeness (QED) is 0.628. The highest BCUT2D eigenvalue weighted by Gasteiger charge is 2.19. The minimum Gasteiger partial charge on any atom is -0.504 e. The van der Waals surface area contributed by atoms with Crippen molar-refractivity contribution in [3.8, 4) is 11.5 Å². The van der Waals surface area contributed by atoms with Gasteiger partial charge in [0.05, 0.1) is 19.3 Å². The SMILES string of the molecule is COCCNC(=O)C(C)NC(=O)c1cccc(OC)c1O. The van der Waals surface area contributed by atoms with E-state index in [1.165, 1.54) is 26.4 Å². The highest BCUT2D eigenvalue weighted by molar-refractivity contribution is 6.00. The summed E-state index contributed by atoms with van der Waals surface area (Å²) in [5.41, 5.74) is 0.0471. The number of aromatic hydroxyl groups is 1. The standard InChI is InChI=1S/C14H20N2O5/c1-9(13(18)15-7-8-20-2)16-14(19)10-5-4-6-11(21-3)12(10)17/h4-6,9,17H,7-8H2,1-3H3,(H,15,18)(H,16,19). The highest BCUT2D eigenvalue weighted by atomic mass is 16.5. The molecule has 2 amide bonds. The van der Waals surface area contributed by atoms with E-state index in [1.807, 2.05) is 0 Å². The second-order valence-corrected chi connectivity index (χ2v) is 4.34. The number of amides is 2. The van der Waals surface area contributed by atoms with Crippen molar-refractivity contribution in [2.45, 2.75) is 13.0 Å². The topological polar surface area (TPSA) is 96.9 Å². The third-order valence-electron chi connectivity index (χ3n) is 2.81. The van der Waals surface area contributed by atoms with E-state index >= 15 is 0 Å². The number of hydrogen-bond donors (Lipinski definition) is 3. The van der Waals surface area contributed by atoms with Gasteiger partial charge < -0.3 is 25.2 Å². The van der Waals surface area contributed by atoms with Gasteiger partial charge in [-0.3, -0.25) is 9.59 Å². The summed E-state index contributed by atoms with van der Waals surface area (Å²) in [5, 5.41) is 15.0. The van der Waals surface area contributed by atoms with Crippen LogP contribution in [0.25, 0.3) is 0 Å². The van der Waals surface area contributed by atoms with E-state index in [9.17, 15) is 14.7 Å². The smallest absolute Gasteiger partial charge is 0.255 e. The first kappa shape index (κ1) is 16.8. The lowest BCUT2D eigenvalue weighted by Crippen LogP contribution is -2.45. The Morgan fingerprint density at radius 1 is 1.33 bits per heavy atom. The summed E-state index contributed by atoms with van der Waals surface area (Å²) in [6.07, 6.45) is 0. The molecule has 3 N–H and O–H groups in total. The van der Waals surface area contributed by atoms with Gasteiger partial charge in [0.2, 0.25) is 5.91 Å². The van der Waals surface area contributed by atoms with Crippen molar-refractivity contribution in [3.05, 3.63) is 23.8 Å². The molecule has 7 heteroatoms. The predicted octanol–water partition coefficient (Wildman–Crippen LogP) is 0.282. The molecular formula is C14H20N2O5. The van der Waals surface area contributed by atoms with Crippen LogP contribution in [0.4, 0.5) is 0 Å². The molecule has 1 aromatic carbocycles. The van der Waals surface area contributed by atoms with Gasteiger partial charge in [-0.1, -0.05) is 6.07 Å². The van der Waals surface area contributed by atoms with E-state index in [-0.39, 0.29) is 23.0 Å². The number of rotatable bonds is 7. The number of benzene rings is 1. The second-order valence-electron chi connectivity index (χ2n) is 4.34. The molecule has 21 heavy (non-hydrogen) atoms. The number of para-hydroxylation sites is 1. The van der Waals surface area contributed by atoms with Gasteiger partial charge in [0.25, 0.3) is 5.91 Å². The Hall–Kier alpha value is -2.28. The summed E-state index contributed by atoms with van der Waals surface area (Å²) in [5.74, 6) is -0.951. The zero-order valence-corrected chi connectivity index (χ0v) is 12.3. The first-order valence-electron chi connectivity index (χ1n) is 6.44. The molecule has 7 nitrogen and oxygen atoms in total. The molecule has 1 aromatic rings. The van der Waals surface area contributed by atoms with Crippen molar-refractivity contribution >= 4 is 11.8 Å². The molecule has 0 fully saturated rings. The monoisotopic (exact) mass is 296 g/mol. The number of carbonyl (C=O) groups excluding carboxylic acids is 2. The van der Waals surface area contributed by atoms with Crippen LogP contribution in [-0.4, -0.2) is 50.3 Å². The maximum absolute atomic E-state index is 12.0. The lowest BCUT2D eigenvalue weighted by Gasteiger charge is -2.15. The summed E-state index contributed by atoms with van der Waals surface area (Å²) in [7, 11) is 2.92. The van der Waals surface area contributed by atoms with E-state index < -0.39 is 11.9 Å². The minimum atomic E-state index is -0.736. The fourth-order valence-electron chi connectivity index (χ4n) is 1.64. The summed E-state index contributed by atoms with van der Waals surface area (Å²) >= 11 is 0.